The second-order valence-electron chi connectivity index (χ2n) is 6.15. The topological polar surface area (TPSA) is 75.4 Å². The van der Waals surface area contributed by atoms with Crippen LogP contribution in [0.2, 0.25) is 0 Å². The molecule has 6 heteroatoms. The average molecular weight is 293 g/mol. The van der Waals surface area contributed by atoms with Gasteiger partial charge in [-0.15, -0.1) is 0 Å². The molecular formula is C15H27N5O. The molecule has 0 unspecified atom stereocenters. The molecule has 2 N–H and O–H groups in total. The van der Waals surface area contributed by atoms with Gasteiger partial charge in [-0.1, -0.05) is 20.8 Å². The quantitative estimate of drug-likeness (QED) is 0.893. The van der Waals surface area contributed by atoms with E-state index in [9.17, 15) is 4.79 Å². The molecule has 0 radical (unpaired) electrons. The third kappa shape index (κ3) is 4.58. The molecule has 1 aromatic heterocycles. The summed E-state index contributed by atoms with van der Waals surface area (Å²) in [5.41, 5.74) is 6.62. The highest BCUT2D eigenvalue weighted by Crippen LogP contribution is 2.23. The molecule has 0 aromatic carbocycles. The van der Waals surface area contributed by atoms with Crippen molar-refractivity contribution in [1.29, 1.82) is 0 Å². The number of amides is 1. The lowest BCUT2D eigenvalue weighted by Gasteiger charge is -2.25. The normalized spacial score (nSPS) is 11.3. The Morgan fingerprint density at radius 2 is 1.81 bits per heavy atom. The van der Waals surface area contributed by atoms with Crippen LogP contribution in [-0.4, -0.2) is 47.5 Å². The number of carbonyl (C=O) groups is 1. The van der Waals surface area contributed by atoms with E-state index >= 15 is 0 Å². The molecule has 0 saturated heterocycles. The number of hydrogen-bond acceptors (Lipinski definition) is 5. The molecule has 0 aliphatic carbocycles. The standard InChI is InChI=1S/C15H27N5O/c1-7-20(8-2)13(21)10-19(6)14-17-11(15(3,4)5)9-12(16)18-14/h9H,7-8,10H2,1-6H3,(H2,16,17,18). The monoisotopic (exact) mass is 293 g/mol. The summed E-state index contributed by atoms with van der Waals surface area (Å²) < 4.78 is 0. The van der Waals surface area contributed by atoms with Gasteiger partial charge in [-0.3, -0.25) is 4.79 Å². The van der Waals surface area contributed by atoms with Crippen molar-refractivity contribution in [2.75, 3.05) is 37.3 Å². The Morgan fingerprint density at radius 3 is 2.29 bits per heavy atom. The molecule has 1 heterocycles. The van der Waals surface area contributed by atoms with Crippen LogP contribution in [-0.2, 0) is 10.2 Å². The Bertz CT molecular complexity index is 491. The molecule has 0 bridgehead atoms. The number of aromatic nitrogens is 2. The maximum Gasteiger partial charge on any atom is 0.242 e. The Hall–Kier alpha value is -1.85. The van der Waals surface area contributed by atoms with E-state index in [4.69, 9.17) is 5.73 Å². The highest BCUT2D eigenvalue weighted by Gasteiger charge is 2.20. The van der Waals surface area contributed by atoms with Crippen molar-refractivity contribution in [3.8, 4) is 0 Å². The summed E-state index contributed by atoms with van der Waals surface area (Å²) in [7, 11) is 1.81. The molecule has 0 aliphatic heterocycles. The molecule has 0 saturated carbocycles. The lowest BCUT2D eigenvalue weighted by atomic mass is 9.92. The number of likely N-dealkylation sites (N-methyl/N-ethyl adjacent to an activating group) is 2. The zero-order chi connectivity index (χ0) is 16.2. The van der Waals surface area contributed by atoms with Gasteiger partial charge in [-0.25, -0.2) is 4.98 Å². The summed E-state index contributed by atoms with van der Waals surface area (Å²) in [4.78, 5) is 24.4. The zero-order valence-corrected chi connectivity index (χ0v) is 14.0. The Labute approximate surface area is 127 Å². The van der Waals surface area contributed by atoms with E-state index in [1.54, 1.807) is 15.9 Å². The number of nitrogen functional groups attached to an aromatic ring is 1. The third-order valence-corrected chi connectivity index (χ3v) is 3.33. The van der Waals surface area contributed by atoms with Gasteiger partial charge in [0.1, 0.15) is 5.82 Å². The summed E-state index contributed by atoms with van der Waals surface area (Å²) in [5.74, 6) is 0.971. The number of rotatable bonds is 5. The Kier molecular flexibility index (Phi) is 5.52. The SMILES string of the molecule is CCN(CC)C(=O)CN(C)c1nc(N)cc(C(C)(C)C)n1. The van der Waals surface area contributed by atoms with Crippen molar-refractivity contribution < 1.29 is 4.79 Å². The fourth-order valence-corrected chi connectivity index (χ4v) is 1.96. The second kappa shape index (κ2) is 6.74. The van der Waals surface area contributed by atoms with Crippen molar-refractivity contribution in [2.45, 2.75) is 40.0 Å². The zero-order valence-electron chi connectivity index (χ0n) is 14.0. The first-order valence-electron chi connectivity index (χ1n) is 7.33. The minimum Gasteiger partial charge on any atom is -0.384 e. The van der Waals surface area contributed by atoms with Gasteiger partial charge in [-0.05, 0) is 13.8 Å². The fourth-order valence-electron chi connectivity index (χ4n) is 1.96. The average Bonchev–Trinajstić information content (AvgIpc) is 2.38. The van der Waals surface area contributed by atoms with E-state index in [0.717, 1.165) is 5.69 Å². The largest absolute Gasteiger partial charge is 0.384 e. The predicted octanol–water partition coefficient (Wildman–Crippen LogP) is 1.66. The van der Waals surface area contributed by atoms with Crippen molar-refractivity contribution in [2.24, 2.45) is 0 Å². The summed E-state index contributed by atoms with van der Waals surface area (Å²) in [6, 6.07) is 1.78. The van der Waals surface area contributed by atoms with Crippen LogP contribution in [0.3, 0.4) is 0 Å². The highest BCUT2D eigenvalue weighted by atomic mass is 16.2. The first-order chi connectivity index (χ1) is 9.68. The van der Waals surface area contributed by atoms with E-state index in [0.29, 0.717) is 24.9 Å². The van der Waals surface area contributed by atoms with Crippen LogP contribution in [0.15, 0.2) is 6.07 Å². The summed E-state index contributed by atoms with van der Waals surface area (Å²) in [6.07, 6.45) is 0. The molecule has 0 atom stereocenters. The van der Waals surface area contributed by atoms with Crippen molar-refractivity contribution >= 4 is 17.7 Å². The summed E-state index contributed by atoms with van der Waals surface area (Å²) in [6.45, 7) is 11.8. The van der Waals surface area contributed by atoms with E-state index in [1.807, 2.05) is 20.9 Å². The molecule has 0 spiro atoms. The minimum atomic E-state index is -0.116. The second-order valence-corrected chi connectivity index (χ2v) is 6.15. The molecule has 6 nitrogen and oxygen atoms in total. The third-order valence-electron chi connectivity index (χ3n) is 3.33. The van der Waals surface area contributed by atoms with Gasteiger partial charge in [0.25, 0.3) is 0 Å². The van der Waals surface area contributed by atoms with Crippen LogP contribution in [0, 0.1) is 0 Å². The fraction of sp³-hybridized carbons (Fsp3) is 0.667. The lowest BCUT2D eigenvalue weighted by Crippen LogP contribution is -2.39. The van der Waals surface area contributed by atoms with Gasteiger partial charge in [0.2, 0.25) is 11.9 Å². The maximum absolute atomic E-state index is 12.2. The van der Waals surface area contributed by atoms with Gasteiger partial charge < -0.3 is 15.5 Å². The smallest absolute Gasteiger partial charge is 0.242 e. The first kappa shape index (κ1) is 17.2. The molecule has 21 heavy (non-hydrogen) atoms. The van der Waals surface area contributed by atoms with Crippen LogP contribution in [0.1, 0.15) is 40.3 Å². The minimum absolute atomic E-state index is 0.0610. The Balaban J connectivity index is 2.95. The maximum atomic E-state index is 12.2. The molecule has 1 amide bonds. The van der Waals surface area contributed by atoms with Crippen LogP contribution in [0.25, 0.3) is 0 Å². The van der Waals surface area contributed by atoms with Crippen LogP contribution in [0.5, 0.6) is 0 Å². The molecule has 0 aliphatic rings. The van der Waals surface area contributed by atoms with E-state index in [1.165, 1.54) is 0 Å². The first-order valence-corrected chi connectivity index (χ1v) is 7.33. The number of nitrogens with zero attached hydrogens (tertiary/aromatic N) is 4. The predicted molar refractivity (Wildman–Crippen MR) is 86.3 cm³/mol. The summed E-state index contributed by atoms with van der Waals surface area (Å²) in [5, 5.41) is 0. The molecule has 118 valence electrons. The van der Waals surface area contributed by atoms with Crippen LogP contribution >= 0.6 is 0 Å². The number of nitrogens with two attached hydrogens (primary N) is 1. The highest BCUT2D eigenvalue weighted by molar-refractivity contribution is 5.80. The van der Waals surface area contributed by atoms with E-state index in [2.05, 4.69) is 30.7 Å². The molecule has 1 aromatic rings. The van der Waals surface area contributed by atoms with Crippen LogP contribution < -0.4 is 10.6 Å². The Morgan fingerprint density at radius 1 is 1.24 bits per heavy atom. The summed E-state index contributed by atoms with van der Waals surface area (Å²) >= 11 is 0. The number of hydrogen-bond donors (Lipinski definition) is 1. The lowest BCUT2D eigenvalue weighted by molar-refractivity contribution is -0.129. The number of anilines is 2. The van der Waals surface area contributed by atoms with Crippen molar-refractivity contribution in [1.82, 2.24) is 14.9 Å². The number of carbonyl (C=O) groups excluding carboxylic acids is 1. The van der Waals surface area contributed by atoms with Crippen molar-refractivity contribution in [3.63, 3.8) is 0 Å². The molecule has 1 rings (SSSR count). The van der Waals surface area contributed by atoms with Gasteiger partial charge >= 0.3 is 0 Å². The van der Waals surface area contributed by atoms with Crippen LogP contribution in [0.4, 0.5) is 11.8 Å². The van der Waals surface area contributed by atoms with Gasteiger partial charge in [0.15, 0.2) is 0 Å². The van der Waals surface area contributed by atoms with E-state index < -0.39 is 0 Å². The van der Waals surface area contributed by atoms with Crippen molar-refractivity contribution in [3.05, 3.63) is 11.8 Å². The molecular weight excluding hydrogens is 266 g/mol. The molecule has 0 fully saturated rings. The van der Waals surface area contributed by atoms with E-state index in [-0.39, 0.29) is 17.9 Å². The van der Waals surface area contributed by atoms with Gasteiger partial charge in [0, 0.05) is 31.6 Å². The van der Waals surface area contributed by atoms with Gasteiger partial charge in [-0.2, -0.15) is 4.98 Å². The van der Waals surface area contributed by atoms with Gasteiger partial charge in [0.05, 0.1) is 12.2 Å².